The molecule has 5 fully saturated rings. The van der Waals surface area contributed by atoms with Crippen molar-refractivity contribution >= 4 is 58.2 Å². The summed E-state index contributed by atoms with van der Waals surface area (Å²) in [6.07, 6.45) is 7.20. The lowest BCUT2D eigenvalue weighted by Gasteiger charge is -2.33. The van der Waals surface area contributed by atoms with Crippen molar-refractivity contribution in [1.82, 2.24) is 34.6 Å². The summed E-state index contributed by atoms with van der Waals surface area (Å²) >= 11 is 6.36. The van der Waals surface area contributed by atoms with Gasteiger partial charge in [-0.15, -0.1) is 0 Å². The molecule has 4 aliphatic heterocycles. The van der Waals surface area contributed by atoms with E-state index in [4.69, 9.17) is 28.8 Å². The van der Waals surface area contributed by atoms with Crippen molar-refractivity contribution < 1.29 is 40.2 Å². The van der Waals surface area contributed by atoms with E-state index in [0.29, 0.717) is 81.1 Å². The molecule has 19 heteroatoms. The van der Waals surface area contributed by atoms with E-state index in [2.05, 4.69) is 25.7 Å². The van der Waals surface area contributed by atoms with Crippen LogP contribution in [0.2, 0.25) is 5.02 Å². The molecule has 60 heavy (non-hydrogen) atoms. The first-order chi connectivity index (χ1) is 29.8. The second-order valence-corrected chi connectivity index (χ2v) is 16.6. The predicted molar refractivity (Wildman–Crippen MR) is 216 cm³/mol. The van der Waals surface area contributed by atoms with E-state index >= 15 is 0 Å². The number of ether oxygens (including phenoxy) is 2. The number of morpholine rings is 1. The number of imide groups is 1. The summed E-state index contributed by atoms with van der Waals surface area (Å²) in [7, 11) is 0. The minimum Gasteiger partial charge on any atom is -0.381 e. The minimum absolute atomic E-state index is 0.0652. The number of hydrogen-bond acceptors (Lipinski definition) is 10. The molecule has 4 aromatic rings. The molecule has 318 valence electrons. The van der Waals surface area contributed by atoms with Crippen molar-refractivity contribution in [2.24, 2.45) is 11.8 Å². The number of fused-ring (bicyclic) bond motifs is 3. The molecule has 1 saturated carbocycles. The number of anilines is 3. The summed E-state index contributed by atoms with van der Waals surface area (Å²) in [6.45, 7) is 0.454. The molecule has 2 bridgehead atoms. The lowest BCUT2D eigenvalue weighted by molar-refractivity contribution is -0.120. The van der Waals surface area contributed by atoms with Crippen molar-refractivity contribution in [3.63, 3.8) is 0 Å². The van der Waals surface area contributed by atoms with Gasteiger partial charge in [-0.25, -0.2) is 23.1 Å². The van der Waals surface area contributed by atoms with Gasteiger partial charge in [-0.3, -0.25) is 29.3 Å². The first-order valence-electron chi connectivity index (χ1n) is 21.6. The van der Waals surface area contributed by atoms with E-state index < -0.39 is 36.5 Å². The molecule has 7 heterocycles. The highest BCUT2D eigenvalue weighted by atomic mass is 35.5. The van der Waals surface area contributed by atoms with Crippen LogP contribution in [0.3, 0.4) is 0 Å². The third-order valence-corrected chi connectivity index (χ3v) is 12.7. The van der Waals surface area contributed by atoms with Gasteiger partial charge in [-0.05, 0) is 87.5 Å². The molecule has 0 radical (unpaired) electrons. The van der Waals surface area contributed by atoms with Gasteiger partial charge in [0.1, 0.15) is 11.4 Å². The van der Waals surface area contributed by atoms with Crippen LogP contribution in [0.4, 0.5) is 30.8 Å². The number of rotatable bonds is 12. The number of aromatic nitrogens is 5. The number of urea groups is 1. The molecule has 2 N–H and O–H groups in total. The Morgan fingerprint density at radius 3 is 2.62 bits per heavy atom. The maximum Gasteiger partial charge on any atom is 0.328 e. The van der Waals surface area contributed by atoms with Gasteiger partial charge < -0.3 is 24.6 Å². The Balaban J connectivity index is 0.744. The van der Waals surface area contributed by atoms with Gasteiger partial charge >= 0.3 is 6.03 Å². The fraction of sp³-hybridized carbons (Fsp3) is 0.537. The maximum absolute atomic E-state index is 14.3. The van der Waals surface area contributed by atoms with Gasteiger partial charge in [0.15, 0.2) is 11.3 Å². The fourth-order valence-corrected chi connectivity index (χ4v) is 9.25. The Kier molecular flexibility index (Phi) is 10.7. The number of likely N-dealkylation sites (tertiary alicyclic amines) is 1. The number of carbonyl (C=O) groups is 4. The second-order valence-electron chi connectivity index (χ2n) is 16.2. The molecule has 5 amide bonds. The molecule has 5 aliphatic rings. The van der Waals surface area contributed by atoms with Crippen LogP contribution in [0.15, 0.2) is 42.9 Å². The van der Waals surface area contributed by atoms with E-state index in [-0.39, 0.29) is 71.8 Å². The summed E-state index contributed by atoms with van der Waals surface area (Å²) < 4.78 is 60.5. The molecule has 0 unspecified atom stereocenters. The molecule has 9 rings (SSSR count). The highest BCUT2D eigenvalue weighted by Crippen LogP contribution is 2.37. The molecule has 1 aliphatic carbocycles. The van der Waals surface area contributed by atoms with Gasteiger partial charge in [0.05, 0.1) is 50.1 Å². The predicted octanol–water partition coefficient (Wildman–Crippen LogP) is 5.88. The van der Waals surface area contributed by atoms with Crippen LogP contribution >= 0.6 is 11.6 Å². The number of nitrogens with one attached hydrogen (secondary N) is 2. The topological polar surface area (TPSA) is 169 Å². The zero-order valence-electron chi connectivity index (χ0n) is 34.8. The zero-order chi connectivity index (χ0) is 43.3. The summed E-state index contributed by atoms with van der Waals surface area (Å²) in [4.78, 5) is 60.8. The normalized spacial score (nSPS) is 24.3. The number of amides is 5. The number of carbonyl (C=O) groups excluding carboxylic acids is 4. The van der Waals surface area contributed by atoms with Gasteiger partial charge in [0, 0.05) is 63.7 Å². The van der Waals surface area contributed by atoms with Crippen LogP contribution < -0.4 is 20.4 Å². The number of benzene rings is 1. The van der Waals surface area contributed by atoms with Crippen molar-refractivity contribution in [2.75, 3.05) is 61.1 Å². The number of alkyl halides is 2. The maximum atomic E-state index is 14.3. The Hall–Kier alpha value is -5.20. The van der Waals surface area contributed by atoms with E-state index in [1.54, 1.807) is 29.3 Å². The van der Waals surface area contributed by atoms with Crippen LogP contribution in [0.25, 0.3) is 5.65 Å². The fourth-order valence-electron chi connectivity index (χ4n) is 9.03. The second kappa shape index (κ2) is 17.0. The molecule has 0 spiro atoms. The van der Waals surface area contributed by atoms with Crippen molar-refractivity contribution in [3.05, 3.63) is 64.7 Å². The minimum atomic E-state index is -2.91. The summed E-state index contributed by atoms with van der Waals surface area (Å²) in [5.74, 6) is -0.710. The van der Waals surface area contributed by atoms with Crippen molar-refractivity contribution in [1.29, 1.82) is 0 Å². The van der Waals surface area contributed by atoms with Crippen LogP contribution in [0.1, 0.15) is 99.4 Å². The smallest absolute Gasteiger partial charge is 0.328 e. The number of halogens is 3. The number of hydrogen-bond donors (Lipinski definition) is 2. The Bertz CT molecular complexity index is 2370. The molecule has 4 saturated heterocycles. The Morgan fingerprint density at radius 1 is 1.07 bits per heavy atom. The summed E-state index contributed by atoms with van der Waals surface area (Å²) in [5, 5.41) is 13.7. The largest absolute Gasteiger partial charge is 0.381 e. The summed E-state index contributed by atoms with van der Waals surface area (Å²) in [6, 6.07) is 5.99. The van der Waals surface area contributed by atoms with Crippen molar-refractivity contribution in [2.45, 2.75) is 82.4 Å². The third kappa shape index (κ3) is 8.28. The van der Waals surface area contributed by atoms with Gasteiger partial charge in [0.2, 0.25) is 5.91 Å². The highest BCUT2D eigenvalue weighted by Gasteiger charge is 2.40. The van der Waals surface area contributed by atoms with E-state index in [0.717, 1.165) is 19.3 Å². The standard InChI is InChI=1S/C41H47ClF2N10O6/c42-31-6-3-26(17-33(31)51-14-10-35(55)48-41(51)58)40(57)50-12-7-25(8-13-50)22-59-16-11-24-1-4-27(5-2-24)54-21-32(36(49-54)37(43)44)46-39(56)30-19-45-53-15-9-34(47-38(30)53)52-20-29-18-28(52)23-60-29/h3,6,9,15,17,19,21,24-25,27-29,37H,1-2,4-5,7-8,10-14,16,18,20,22-23H2,(H,46,56)(H,48,55,58)/t24?,27?,28-,29-/m1/s1/i22D2. The average molecular weight is 851 g/mol. The molecule has 16 nitrogen and oxygen atoms in total. The quantitative estimate of drug-likeness (QED) is 0.176. The first-order valence-corrected chi connectivity index (χ1v) is 20.9. The first kappa shape index (κ1) is 37.8. The lowest BCUT2D eigenvalue weighted by Crippen LogP contribution is -2.49. The SMILES string of the molecule is [2H]C([2H])(OCCC1CCC(n2cc(NC(=O)c3cnn4ccc(N5C[C@H]6C[C@@H]5CO6)nc34)c(C(F)F)n2)CC1)C1CCN(C(=O)c2ccc(Cl)c(N3CCC(=O)NC3=O)c2)CC1. The Labute approximate surface area is 352 Å². The number of nitrogens with zero attached hydrogens (tertiary/aromatic N) is 8. The highest BCUT2D eigenvalue weighted by molar-refractivity contribution is 6.34. The van der Waals surface area contributed by atoms with Crippen LogP contribution in [0.5, 0.6) is 0 Å². The van der Waals surface area contributed by atoms with Gasteiger partial charge in [-0.2, -0.15) is 10.2 Å². The summed E-state index contributed by atoms with van der Waals surface area (Å²) in [5.41, 5.74) is 0.574. The van der Waals surface area contributed by atoms with E-state index in [1.165, 1.54) is 26.5 Å². The van der Waals surface area contributed by atoms with Gasteiger partial charge in [0.25, 0.3) is 18.2 Å². The lowest BCUT2D eigenvalue weighted by atomic mass is 9.84. The molecular weight excluding hydrogens is 802 g/mol. The Morgan fingerprint density at radius 2 is 1.88 bits per heavy atom. The molecule has 1 aromatic carbocycles. The number of piperidine rings is 1. The van der Waals surface area contributed by atoms with E-state index in [1.807, 2.05) is 6.07 Å². The van der Waals surface area contributed by atoms with Crippen LogP contribution in [-0.2, 0) is 14.3 Å². The average Bonchev–Trinajstić information content (AvgIpc) is 4.09. The van der Waals surface area contributed by atoms with Crippen LogP contribution in [0, 0.1) is 11.8 Å². The zero-order valence-corrected chi connectivity index (χ0v) is 33.5. The molecular formula is C41H47ClF2N10O6. The van der Waals surface area contributed by atoms with E-state index in [9.17, 15) is 28.0 Å². The van der Waals surface area contributed by atoms with Crippen LogP contribution in [-0.4, -0.2) is 111 Å². The van der Waals surface area contributed by atoms with Crippen molar-refractivity contribution in [3.8, 4) is 0 Å². The van der Waals surface area contributed by atoms with Gasteiger partial charge in [-0.1, -0.05) is 11.6 Å². The molecule has 3 aromatic heterocycles. The third-order valence-electron chi connectivity index (χ3n) is 12.4. The monoisotopic (exact) mass is 850 g/mol. The molecule has 2 atom stereocenters.